The molecule has 4 rings (SSSR count). The quantitative estimate of drug-likeness (QED) is 0.256. The fourth-order valence-electron chi connectivity index (χ4n) is 4.01. The Bertz CT molecular complexity index is 956. The van der Waals surface area contributed by atoms with Gasteiger partial charge < -0.3 is 20.6 Å². The van der Waals surface area contributed by atoms with Gasteiger partial charge in [0.1, 0.15) is 17.9 Å². The molecule has 0 saturated carbocycles. The molecular formula is C28H42ClF3N4O2. The van der Waals surface area contributed by atoms with Crippen LogP contribution in [0, 0.1) is 17.7 Å². The van der Waals surface area contributed by atoms with Gasteiger partial charge in [0.2, 0.25) is 5.28 Å². The molecule has 3 N–H and O–H groups in total. The average molecular weight is 559 g/mol. The number of anilines is 1. The number of fused-ring (bicyclic) bond motifs is 1. The van der Waals surface area contributed by atoms with Gasteiger partial charge in [-0.15, -0.1) is 0 Å². The molecule has 0 atom stereocenters. The van der Waals surface area contributed by atoms with E-state index < -0.39 is 17.8 Å². The number of nitrogens with two attached hydrogens (primary N) is 1. The van der Waals surface area contributed by atoms with Crippen LogP contribution in [0.1, 0.15) is 81.7 Å². The number of carbonyl (C=O) groups excluding carboxylic acids is 1. The lowest BCUT2D eigenvalue weighted by atomic mass is 10.0. The number of alkyl halides is 2. The lowest BCUT2D eigenvalue weighted by Crippen LogP contribution is -2.23. The Labute approximate surface area is 229 Å². The van der Waals surface area contributed by atoms with Crippen LogP contribution in [0.5, 0.6) is 0 Å². The molecule has 1 aromatic carbocycles. The third-order valence-corrected chi connectivity index (χ3v) is 6.18. The fourth-order valence-corrected chi connectivity index (χ4v) is 4.19. The maximum absolute atomic E-state index is 14.0. The monoisotopic (exact) mass is 558 g/mol. The molecule has 2 aliphatic rings. The number of halogens is 4. The van der Waals surface area contributed by atoms with E-state index in [4.69, 9.17) is 16.3 Å². The zero-order chi connectivity index (χ0) is 28.5. The van der Waals surface area contributed by atoms with Crippen molar-refractivity contribution in [3.8, 4) is 0 Å². The van der Waals surface area contributed by atoms with Crippen molar-refractivity contribution in [2.45, 2.75) is 78.7 Å². The number of ether oxygens (including phenoxy) is 1. The van der Waals surface area contributed by atoms with Crippen LogP contribution in [-0.4, -0.2) is 36.5 Å². The molecule has 1 aromatic heterocycles. The summed E-state index contributed by atoms with van der Waals surface area (Å²) >= 11 is 5.87. The average Bonchev–Trinajstić information content (AvgIpc) is 3.37. The smallest absolute Gasteiger partial charge is 0.266 e. The van der Waals surface area contributed by atoms with Crippen molar-refractivity contribution in [1.82, 2.24) is 9.97 Å². The number of aldehydes is 1. The van der Waals surface area contributed by atoms with Gasteiger partial charge in [-0.05, 0) is 50.8 Å². The largest absolute Gasteiger partial charge is 0.381 e. The molecule has 1 fully saturated rings. The van der Waals surface area contributed by atoms with Crippen LogP contribution in [0.4, 0.5) is 19.0 Å². The maximum atomic E-state index is 14.0. The number of nitrogens with zero attached hydrogens (tertiary/aromatic N) is 2. The molecule has 1 aliphatic heterocycles. The summed E-state index contributed by atoms with van der Waals surface area (Å²) in [6.45, 7) is 8.45. The van der Waals surface area contributed by atoms with Crippen LogP contribution in [-0.2, 0) is 28.9 Å². The van der Waals surface area contributed by atoms with E-state index >= 15 is 0 Å². The van der Waals surface area contributed by atoms with Crippen molar-refractivity contribution in [1.29, 1.82) is 0 Å². The number of hydrogen-bond donors (Lipinski definition) is 2. The van der Waals surface area contributed by atoms with Gasteiger partial charge in [0.05, 0.1) is 24.5 Å². The molecule has 1 aliphatic carbocycles. The highest BCUT2D eigenvalue weighted by Crippen LogP contribution is 2.29. The topological polar surface area (TPSA) is 90.1 Å². The summed E-state index contributed by atoms with van der Waals surface area (Å²) < 4.78 is 44.2. The minimum absolute atomic E-state index is 0.0617. The molecule has 0 amide bonds. The van der Waals surface area contributed by atoms with Crippen LogP contribution in [0.25, 0.3) is 0 Å². The van der Waals surface area contributed by atoms with Crippen molar-refractivity contribution in [2.24, 2.45) is 17.6 Å². The normalized spacial score (nSPS) is 13.8. The maximum Gasteiger partial charge on any atom is 0.266 e. The van der Waals surface area contributed by atoms with Gasteiger partial charge in [-0.2, -0.15) is 0 Å². The van der Waals surface area contributed by atoms with E-state index in [1.54, 1.807) is 0 Å². The second-order valence-corrected chi connectivity index (χ2v) is 9.55. The predicted octanol–water partition coefficient (Wildman–Crippen LogP) is 6.94. The first kappa shape index (κ1) is 33.8. The van der Waals surface area contributed by atoms with Crippen LogP contribution < -0.4 is 11.1 Å². The molecule has 38 heavy (non-hydrogen) atoms. The van der Waals surface area contributed by atoms with E-state index in [1.165, 1.54) is 19.2 Å². The molecule has 1 saturated heterocycles. The van der Waals surface area contributed by atoms with Crippen LogP contribution in [0.2, 0.25) is 5.28 Å². The third kappa shape index (κ3) is 11.3. The van der Waals surface area contributed by atoms with Gasteiger partial charge >= 0.3 is 0 Å². The number of nitrogens with one attached hydrogen (secondary N) is 1. The molecule has 214 valence electrons. The molecule has 2 aromatic rings. The van der Waals surface area contributed by atoms with Gasteiger partial charge in [-0.25, -0.2) is 23.1 Å². The van der Waals surface area contributed by atoms with E-state index in [0.717, 1.165) is 87.7 Å². The van der Waals surface area contributed by atoms with E-state index in [0.29, 0.717) is 11.7 Å². The summed E-state index contributed by atoms with van der Waals surface area (Å²) in [4.78, 5) is 18.6. The lowest BCUT2D eigenvalue weighted by molar-refractivity contribution is -0.111. The van der Waals surface area contributed by atoms with Gasteiger partial charge in [-0.3, -0.25) is 0 Å². The first-order valence-corrected chi connectivity index (χ1v) is 13.6. The Morgan fingerprint density at radius 1 is 1.16 bits per heavy atom. The summed E-state index contributed by atoms with van der Waals surface area (Å²) in [6.07, 6.45) is 5.27. The highest BCUT2D eigenvalue weighted by molar-refractivity contribution is 6.28. The van der Waals surface area contributed by atoms with Gasteiger partial charge in [0.25, 0.3) is 6.43 Å². The predicted molar refractivity (Wildman–Crippen MR) is 147 cm³/mol. The SMILES string of the molecule is CC1COC1.CCCC(C=O)CCC.CN.Fc1c(CNc2nc(Cl)nc3c2CCC3)cccc1C(F)F. The van der Waals surface area contributed by atoms with Gasteiger partial charge in [0.15, 0.2) is 0 Å². The molecule has 0 spiro atoms. The first-order valence-electron chi connectivity index (χ1n) is 13.3. The van der Waals surface area contributed by atoms with E-state index in [1.807, 2.05) is 0 Å². The molecule has 6 nitrogen and oxygen atoms in total. The molecule has 0 unspecified atom stereocenters. The highest BCUT2D eigenvalue weighted by Gasteiger charge is 2.20. The number of aryl methyl sites for hydroxylation is 1. The number of benzene rings is 1. The van der Waals surface area contributed by atoms with Crippen LogP contribution in [0.3, 0.4) is 0 Å². The molecule has 0 radical (unpaired) electrons. The summed E-state index contributed by atoms with van der Waals surface area (Å²) in [7, 11) is 1.50. The minimum Gasteiger partial charge on any atom is -0.381 e. The van der Waals surface area contributed by atoms with Crippen LogP contribution in [0.15, 0.2) is 18.2 Å². The fraction of sp³-hybridized carbons (Fsp3) is 0.607. The molecule has 0 bridgehead atoms. The van der Waals surface area contributed by atoms with Crippen LogP contribution >= 0.6 is 11.6 Å². The van der Waals surface area contributed by atoms with Gasteiger partial charge in [-0.1, -0.05) is 51.8 Å². The summed E-state index contributed by atoms with van der Waals surface area (Å²) in [5, 5.41) is 3.12. The Morgan fingerprint density at radius 2 is 1.79 bits per heavy atom. The standard InChI is InChI=1S/C15H13ClF3N3.C8H16O.C4H8O.CH5N/c16-15-21-11-6-2-4-9(11)14(22-15)20-7-8-3-1-5-10(12(8)17)13(18)19;1-3-5-8(7-9)6-4-2;1-4-2-5-3-4;1-2/h1,3,5,13H,2,4,6-7H2,(H,20,21,22);7-8H,3-6H2,1-2H3;4H,2-3H2,1H3;2H2,1H3. The zero-order valence-corrected chi connectivity index (χ0v) is 23.7. The van der Waals surface area contributed by atoms with Crippen molar-refractivity contribution in [3.05, 3.63) is 51.7 Å². The Morgan fingerprint density at radius 3 is 2.29 bits per heavy atom. The summed E-state index contributed by atoms with van der Waals surface area (Å²) in [5.41, 5.74) is 5.93. The van der Waals surface area contributed by atoms with Crippen molar-refractivity contribution in [3.63, 3.8) is 0 Å². The van der Waals surface area contributed by atoms with E-state index in [2.05, 4.69) is 41.8 Å². The third-order valence-electron chi connectivity index (χ3n) is 6.01. The van der Waals surface area contributed by atoms with Crippen molar-refractivity contribution >= 4 is 23.7 Å². The number of rotatable bonds is 9. The summed E-state index contributed by atoms with van der Waals surface area (Å²) in [6, 6.07) is 3.97. The number of hydrogen-bond acceptors (Lipinski definition) is 6. The van der Waals surface area contributed by atoms with Crippen molar-refractivity contribution < 1.29 is 22.7 Å². The Hall–Kier alpha value is -2.23. The zero-order valence-electron chi connectivity index (χ0n) is 22.9. The molecular weight excluding hydrogens is 517 g/mol. The minimum atomic E-state index is -2.84. The summed E-state index contributed by atoms with van der Waals surface area (Å²) in [5.74, 6) is 0.839. The second-order valence-electron chi connectivity index (χ2n) is 9.21. The Kier molecular flexibility index (Phi) is 16.8. The first-order chi connectivity index (χ1) is 18.3. The Balaban J connectivity index is 0.000000371. The van der Waals surface area contributed by atoms with E-state index in [9.17, 15) is 18.0 Å². The lowest BCUT2D eigenvalue weighted by Gasteiger charge is -2.20. The number of carbonyl (C=O) groups is 1. The van der Waals surface area contributed by atoms with Crippen molar-refractivity contribution in [2.75, 3.05) is 25.6 Å². The molecule has 2 heterocycles. The number of aromatic nitrogens is 2. The highest BCUT2D eigenvalue weighted by atomic mass is 35.5. The second kappa shape index (κ2) is 18.9. The molecule has 10 heteroatoms. The van der Waals surface area contributed by atoms with Gasteiger partial charge in [0, 0.05) is 29.5 Å². The van der Waals surface area contributed by atoms with E-state index in [-0.39, 0.29) is 17.4 Å².